The van der Waals surface area contributed by atoms with Gasteiger partial charge >= 0.3 is 0 Å². The van der Waals surface area contributed by atoms with Gasteiger partial charge in [0.15, 0.2) is 5.65 Å². The second-order valence-electron chi connectivity index (χ2n) is 5.24. The van der Waals surface area contributed by atoms with Crippen molar-refractivity contribution in [3.8, 4) is 5.75 Å². The van der Waals surface area contributed by atoms with Crippen molar-refractivity contribution in [3.63, 3.8) is 0 Å². The summed E-state index contributed by atoms with van der Waals surface area (Å²) in [6, 6.07) is 7.89. The molecule has 0 aliphatic carbocycles. The summed E-state index contributed by atoms with van der Waals surface area (Å²) in [7, 11) is 3.52. The number of halogens is 1. The standard InChI is InChI=1S/C17H20N6O.ClH/c1-4-9-18-17-21-15(13-11-20-23(2)16(13)22-17)19-10-12-7-5-6-8-14(12)24-3;/h4-8,11H,1,9-10H2,2-3H3,(H2,18,19,21,22);1H. The molecule has 0 atom stereocenters. The fourth-order valence-corrected chi connectivity index (χ4v) is 2.43. The molecule has 7 nitrogen and oxygen atoms in total. The van der Waals surface area contributed by atoms with E-state index in [1.165, 1.54) is 0 Å². The Labute approximate surface area is 152 Å². The van der Waals surface area contributed by atoms with Crippen molar-refractivity contribution in [1.82, 2.24) is 19.7 Å². The summed E-state index contributed by atoms with van der Waals surface area (Å²) in [4.78, 5) is 9.03. The van der Waals surface area contributed by atoms with E-state index in [4.69, 9.17) is 4.74 Å². The van der Waals surface area contributed by atoms with Crippen LogP contribution < -0.4 is 15.4 Å². The van der Waals surface area contributed by atoms with Crippen LogP contribution in [0, 0.1) is 0 Å². The smallest absolute Gasteiger partial charge is 0.226 e. The third kappa shape index (κ3) is 4.00. The van der Waals surface area contributed by atoms with Crippen LogP contribution in [0.15, 0.2) is 43.1 Å². The van der Waals surface area contributed by atoms with Gasteiger partial charge in [0, 0.05) is 25.7 Å². The molecule has 3 rings (SSSR count). The first-order chi connectivity index (χ1) is 11.7. The lowest BCUT2D eigenvalue weighted by molar-refractivity contribution is 0.410. The van der Waals surface area contributed by atoms with Gasteiger partial charge in [-0.05, 0) is 6.07 Å². The number of anilines is 2. The molecule has 0 saturated carbocycles. The number of methoxy groups -OCH3 is 1. The Morgan fingerprint density at radius 1 is 1.24 bits per heavy atom. The summed E-state index contributed by atoms with van der Waals surface area (Å²) in [6.07, 6.45) is 3.52. The van der Waals surface area contributed by atoms with E-state index in [9.17, 15) is 0 Å². The van der Waals surface area contributed by atoms with Gasteiger partial charge in [-0.2, -0.15) is 15.1 Å². The summed E-state index contributed by atoms with van der Waals surface area (Å²) in [5.41, 5.74) is 1.82. The van der Waals surface area contributed by atoms with Crippen LogP contribution in [-0.4, -0.2) is 33.4 Å². The Hall–Kier alpha value is -2.80. The molecule has 8 heteroatoms. The number of ether oxygens (including phenoxy) is 1. The molecule has 0 saturated heterocycles. The lowest BCUT2D eigenvalue weighted by atomic mass is 10.2. The van der Waals surface area contributed by atoms with Gasteiger partial charge < -0.3 is 15.4 Å². The van der Waals surface area contributed by atoms with Gasteiger partial charge in [-0.1, -0.05) is 24.3 Å². The van der Waals surface area contributed by atoms with E-state index in [1.54, 1.807) is 24.1 Å². The number of aromatic nitrogens is 4. The third-order valence-electron chi connectivity index (χ3n) is 3.64. The molecule has 3 aromatic rings. The molecule has 0 spiro atoms. The van der Waals surface area contributed by atoms with Crippen molar-refractivity contribution in [1.29, 1.82) is 0 Å². The minimum atomic E-state index is 0. The predicted molar refractivity (Wildman–Crippen MR) is 103 cm³/mol. The van der Waals surface area contributed by atoms with Crippen LogP contribution in [0.3, 0.4) is 0 Å². The maximum Gasteiger partial charge on any atom is 0.226 e. The van der Waals surface area contributed by atoms with E-state index >= 15 is 0 Å². The molecule has 2 N–H and O–H groups in total. The van der Waals surface area contributed by atoms with E-state index in [-0.39, 0.29) is 12.4 Å². The molecule has 0 aliphatic heterocycles. The lowest BCUT2D eigenvalue weighted by Crippen LogP contribution is -2.08. The van der Waals surface area contributed by atoms with Crippen LogP contribution in [0.4, 0.5) is 11.8 Å². The van der Waals surface area contributed by atoms with Crippen molar-refractivity contribution < 1.29 is 4.74 Å². The van der Waals surface area contributed by atoms with E-state index in [0.717, 1.165) is 28.2 Å². The molecular weight excluding hydrogens is 340 g/mol. The molecule has 2 aromatic heterocycles. The Balaban J connectivity index is 0.00000225. The second kappa shape index (κ2) is 8.34. The molecule has 132 valence electrons. The highest BCUT2D eigenvalue weighted by atomic mass is 35.5. The maximum absolute atomic E-state index is 5.39. The largest absolute Gasteiger partial charge is 0.496 e. The first kappa shape index (κ1) is 18.5. The number of nitrogens with zero attached hydrogens (tertiary/aromatic N) is 4. The van der Waals surface area contributed by atoms with Gasteiger partial charge in [-0.3, -0.25) is 4.68 Å². The molecule has 25 heavy (non-hydrogen) atoms. The fraction of sp³-hybridized carbons (Fsp3) is 0.235. The van der Waals surface area contributed by atoms with E-state index < -0.39 is 0 Å². The quantitative estimate of drug-likeness (QED) is 0.631. The molecule has 0 radical (unpaired) electrons. The van der Waals surface area contributed by atoms with Gasteiger partial charge in [-0.15, -0.1) is 19.0 Å². The Kier molecular flexibility index (Phi) is 6.19. The number of nitrogens with one attached hydrogen (secondary N) is 2. The Morgan fingerprint density at radius 3 is 2.80 bits per heavy atom. The fourth-order valence-electron chi connectivity index (χ4n) is 2.43. The molecule has 0 aliphatic rings. The van der Waals surface area contributed by atoms with Crippen LogP contribution >= 0.6 is 12.4 Å². The number of hydrogen-bond donors (Lipinski definition) is 2. The van der Waals surface area contributed by atoms with Crippen molar-refractivity contribution in [3.05, 3.63) is 48.7 Å². The average Bonchev–Trinajstić information content (AvgIpc) is 2.99. The number of rotatable bonds is 7. The first-order valence-electron chi connectivity index (χ1n) is 7.63. The molecule has 2 heterocycles. The molecular formula is C17H21ClN6O. The summed E-state index contributed by atoms with van der Waals surface area (Å²) in [5, 5.41) is 11.6. The van der Waals surface area contributed by atoms with Gasteiger partial charge in [0.05, 0.1) is 18.7 Å². The number of para-hydroxylation sites is 1. The van der Waals surface area contributed by atoms with E-state index in [1.807, 2.05) is 31.3 Å². The van der Waals surface area contributed by atoms with Crippen LogP contribution in [0.25, 0.3) is 11.0 Å². The number of aryl methyl sites for hydroxylation is 1. The molecule has 0 unspecified atom stereocenters. The Morgan fingerprint density at radius 2 is 2.04 bits per heavy atom. The summed E-state index contributed by atoms with van der Waals surface area (Å²) < 4.78 is 7.12. The molecule has 0 amide bonds. The normalized spacial score (nSPS) is 10.2. The van der Waals surface area contributed by atoms with Gasteiger partial charge in [0.1, 0.15) is 11.6 Å². The SMILES string of the molecule is C=CCNc1nc(NCc2ccccc2OC)c2cnn(C)c2n1.Cl. The van der Waals surface area contributed by atoms with E-state index in [0.29, 0.717) is 19.0 Å². The number of hydrogen-bond acceptors (Lipinski definition) is 6. The van der Waals surface area contributed by atoms with Crippen molar-refractivity contribution >= 4 is 35.2 Å². The van der Waals surface area contributed by atoms with Gasteiger partial charge in [0.2, 0.25) is 5.95 Å². The average molecular weight is 361 g/mol. The molecule has 0 fully saturated rings. The number of benzene rings is 1. The highest BCUT2D eigenvalue weighted by Gasteiger charge is 2.12. The lowest BCUT2D eigenvalue weighted by Gasteiger charge is -2.12. The summed E-state index contributed by atoms with van der Waals surface area (Å²) in [5.74, 6) is 2.10. The zero-order chi connectivity index (χ0) is 16.9. The second-order valence-corrected chi connectivity index (χ2v) is 5.24. The van der Waals surface area contributed by atoms with Crippen molar-refractivity contribution in [2.24, 2.45) is 7.05 Å². The number of fused-ring (bicyclic) bond motifs is 1. The highest BCUT2D eigenvalue weighted by molar-refractivity contribution is 5.87. The highest BCUT2D eigenvalue weighted by Crippen LogP contribution is 2.24. The van der Waals surface area contributed by atoms with Crippen molar-refractivity contribution in [2.45, 2.75) is 6.54 Å². The minimum Gasteiger partial charge on any atom is -0.496 e. The van der Waals surface area contributed by atoms with Crippen LogP contribution in [0.1, 0.15) is 5.56 Å². The summed E-state index contributed by atoms with van der Waals surface area (Å²) >= 11 is 0. The molecule has 1 aromatic carbocycles. The van der Waals surface area contributed by atoms with Gasteiger partial charge in [0.25, 0.3) is 0 Å². The zero-order valence-corrected chi connectivity index (χ0v) is 15.0. The topological polar surface area (TPSA) is 76.9 Å². The monoisotopic (exact) mass is 360 g/mol. The first-order valence-corrected chi connectivity index (χ1v) is 7.63. The third-order valence-corrected chi connectivity index (χ3v) is 3.64. The van der Waals surface area contributed by atoms with Crippen molar-refractivity contribution in [2.75, 3.05) is 24.3 Å². The van der Waals surface area contributed by atoms with Crippen LogP contribution in [0.5, 0.6) is 5.75 Å². The Bertz CT molecular complexity index is 863. The maximum atomic E-state index is 5.39. The summed E-state index contributed by atoms with van der Waals surface area (Å²) in [6.45, 7) is 4.88. The van der Waals surface area contributed by atoms with Crippen LogP contribution in [-0.2, 0) is 13.6 Å². The zero-order valence-electron chi connectivity index (χ0n) is 14.2. The van der Waals surface area contributed by atoms with E-state index in [2.05, 4.69) is 32.3 Å². The van der Waals surface area contributed by atoms with Crippen LogP contribution in [0.2, 0.25) is 0 Å². The predicted octanol–water partition coefficient (Wildman–Crippen LogP) is 3.00. The van der Waals surface area contributed by atoms with Gasteiger partial charge in [-0.25, -0.2) is 0 Å². The minimum absolute atomic E-state index is 0. The molecule has 0 bridgehead atoms.